The summed E-state index contributed by atoms with van der Waals surface area (Å²) in [6.07, 6.45) is 3.87. The molecule has 2 rings (SSSR count). The molecular weight excluding hydrogens is 280 g/mol. The summed E-state index contributed by atoms with van der Waals surface area (Å²) in [5, 5.41) is 0.720. The van der Waals surface area contributed by atoms with Crippen LogP contribution in [0.1, 0.15) is 44.2 Å². The molecule has 3 atom stereocenters. The summed E-state index contributed by atoms with van der Waals surface area (Å²) in [4.78, 5) is 14.3. The Hall–Kier alpha value is -1.00. The normalized spacial score (nSPS) is 23.0. The van der Waals surface area contributed by atoms with E-state index >= 15 is 0 Å². The highest BCUT2D eigenvalue weighted by atomic mass is 32.2. The van der Waals surface area contributed by atoms with Gasteiger partial charge in [0, 0.05) is 30.8 Å². The third-order valence-electron chi connectivity index (χ3n) is 4.32. The molecule has 0 bridgehead atoms. The topological polar surface area (TPSA) is 46.3 Å². The second-order valence-corrected chi connectivity index (χ2v) is 7.35. The van der Waals surface area contributed by atoms with Crippen LogP contribution in [0.3, 0.4) is 0 Å². The Bertz CT molecular complexity index is 451. The summed E-state index contributed by atoms with van der Waals surface area (Å²) in [6.45, 7) is 2.20. The molecule has 116 valence electrons. The van der Waals surface area contributed by atoms with Crippen molar-refractivity contribution in [2.45, 2.75) is 49.9 Å². The standard InChI is InChI=1S/C17H26N2OS/c1-3-21-15-10-9-14(11-15)19(2)17(20)12-16(18)13-7-5-4-6-8-13/h4-8,14-16H,3,9-12,18H2,1-2H3. The zero-order chi connectivity index (χ0) is 15.2. The molecule has 1 aromatic carbocycles. The first-order valence-corrected chi connectivity index (χ1v) is 8.84. The molecule has 3 unspecified atom stereocenters. The second-order valence-electron chi connectivity index (χ2n) is 5.77. The van der Waals surface area contributed by atoms with E-state index in [0.717, 1.165) is 29.4 Å². The highest BCUT2D eigenvalue weighted by Gasteiger charge is 2.30. The van der Waals surface area contributed by atoms with Gasteiger partial charge in [0.25, 0.3) is 0 Å². The molecule has 1 fully saturated rings. The Morgan fingerprint density at radius 1 is 1.38 bits per heavy atom. The molecule has 1 aromatic rings. The third-order valence-corrected chi connectivity index (χ3v) is 5.56. The van der Waals surface area contributed by atoms with Gasteiger partial charge in [0.15, 0.2) is 0 Å². The van der Waals surface area contributed by atoms with Gasteiger partial charge in [-0.3, -0.25) is 4.79 Å². The van der Waals surface area contributed by atoms with Crippen LogP contribution in [0.4, 0.5) is 0 Å². The monoisotopic (exact) mass is 306 g/mol. The van der Waals surface area contributed by atoms with Crippen molar-refractivity contribution >= 4 is 17.7 Å². The summed E-state index contributed by atoms with van der Waals surface area (Å²) in [6, 6.07) is 10.1. The van der Waals surface area contributed by atoms with Gasteiger partial charge in [-0.2, -0.15) is 11.8 Å². The number of rotatable bonds is 6. The third kappa shape index (κ3) is 4.48. The maximum Gasteiger partial charge on any atom is 0.224 e. The van der Waals surface area contributed by atoms with E-state index in [1.807, 2.05) is 54.0 Å². The minimum atomic E-state index is -0.205. The van der Waals surface area contributed by atoms with Crippen LogP contribution in [0.2, 0.25) is 0 Å². The number of nitrogens with zero attached hydrogens (tertiary/aromatic N) is 1. The van der Waals surface area contributed by atoms with Crippen LogP contribution in [0.5, 0.6) is 0 Å². The van der Waals surface area contributed by atoms with Gasteiger partial charge in [0.1, 0.15) is 0 Å². The van der Waals surface area contributed by atoms with Crippen LogP contribution in [0.15, 0.2) is 30.3 Å². The molecule has 1 aliphatic carbocycles. The molecular formula is C17H26N2OS. The van der Waals surface area contributed by atoms with E-state index in [2.05, 4.69) is 6.92 Å². The average molecular weight is 306 g/mol. The second kappa shape index (κ2) is 7.85. The first kappa shape index (κ1) is 16.4. The Kier molecular flexibility index (Phi) is 6.12. The summed E-state index contributed by atoms with van der Waals surface area (Å²) in [7, 11) is 1.93. The number of hydrogen-bond donors (Lipinski definition) is 1. The van der Waals surface area contributed by atoms with Gasteiger partial charge in [0.05, 0.1) is 0 Å². The van der Waals surface area contributed by atoms with Crippen LogP contribution in [-0.2, 0) is 4.79 Å². The fourth-order valence-electron chi connectivity index (χ4n) is 3.01. The number of amides is 1. The molecule has 2 N–H and O–H groups in total. The molecule has 0 aromatic heterocycles. The molecule has 1 aliphatic rings. The van der Waals surface area contributed by atoms with Crippen LogP contribution in [0.25, 0.3) is 0 Å². The number of hydrogen-bond acceptors (Lipinski definition) is 3. The molecule has 3 nitrogen and oxygen atoms in total. The lowest BCUT2D eigenvalue weighted by Crippen LogP contribution is -2.37. The molecule has 0 spiro atoms. The number of thioether (sulfide) groups is 1. The Morgan fingerprint density at radius 2 is 2.10 bits per heavy atom. The molecule has 21 heavy (non-hydrogen) atoms. The highest BCUT2D eigenvalue weighted by molar-refractivity contribution is 7.99. The summed E-state index contributed by atoms with van der Waals surface area (Å²) < 4.78 is 0. The largest absolute Gasteiger partial charge is 0.343 e. The predicted molar refractivity (Wildman–Crippen MR) is 90.3 cm³/mol. The fraction of sp³-hybridized carbons (Fsp3) is 0.588. The van der Waals surface area contributed by atoms with Crippen LogP contribution in [-0.4, -0.2) is 34.9 Å². The number of carbonyl (C=O) groups is 1. The number of benzene rings is 1. The summed E-state index contributed by atoms with van der Waals surface area (Å²) in [5.74, 6) is 1.33. The molecule has 1 saturated carbocycles. The van der Waals surface area contributed by atoms with Gasteiger partial charge in [-0.1, -0.05) is 37.3 Å². The van der Waals surface area contributed by atoms with E-state index in [0.29, 0.717) is 12.5 Å². The van der Waals surface area contributed by atoms with Crippen LogP contribution < -0.4 is 5.73 Å². The van der Waals surface area contributed by atoms with E-state index in [-0.39, 0.29) is 11.9 Å². The van der Waals surface area contributed by atoms with Gasteiger partial charge in [-0.15, -0.1) is 0 Å². The lowest BCUT2D eigenvalue weighted by Gasteiger charge is -2.26. The van der Waals surface area contributed by atoms with Crippen molar-refractivity contribution in [3.8, 4) is 0 Å². The van der Waals surface area contributed by atoms with Gasteiger partial charge in [-0.25, -0.2) is 0 Å². The van der Waals surface area contributed by atoms with E-state index in [1.165, 1.54) is 6.42 Å². The maximum atomic E-state index is 12.4. The minimum absolute atomic E-state index is 0.165. The molecule has 0 radical (unpaired) electrons. The lowest BCUT2D eigenvalue weighted by molar-refractivity contribution is -0.132. The minimum Gasteiger partial charge on any atom is -0.343 e. The van der Waals surface area contributed by atoms with Crippen molar-refractivity contribution < 1.29 is 4.79 Å². The van der Waals surface area contributed by atoms with Crippen LogP contribution in [0, 0.1) is 0 Å². The maximum absolute atomic E-state index is 12.4. The van der Waals surface area contributed by atoms with E-state index in [9.17, 15) is 4.79 Å². The van der Waals surface area contributed by atoms with Crippen molar-refractivity contribution in [3.05, 3.63) is 35.9 Å². The Balaban J connectivity index is 1.86. The Morgan fingerprint density at radius 3 is 2.76 bits per heavy atom. The Labute approximate surface area is 132 Å². The predicted octanol–water partition coefficient (Wildman–Crippen LogP) is 3.21. The average Bonchev–Trinajstić information content (AvgIpc) is 2.96. The lowest BCUT2D eigenvalue weighted by atomic mass is 10.0. The first-order chi connectivity index (χ1) is 10.1. The zero-order valence-electron chi connectivity index (χ0n) is 13.0. The molecule has 1 amide bonds. The van der Waals surface area contributed by atoms with Gasteiger partial charge in [0.2, 0.25) is 5.91 Å². The summed E-state index contributed by atoms with van der Waals surface area (Å²) in [5.41, 5.74) is 7.19. The quantitative estimate of drug-likeness (QED) is 0.878. The molecule has 0 heterocycles. The molecule has 0 aliphatic heterocycles. The van der Waals surface area contributed by atoms with E-state index < -0.39 is 0 Å². The first-order valence-electron chi connectivity index (χ1n) is 7.79. The number of carbonyl (C=O) groups excluding carboxylic acids is 1. The molecule has 0 saturated heterocycles. The van der Waals surface area contributed by atoms with Gasteiger partial charge >= 0.3 is 0 Å². The molecule has 4 heteroatoms. The van der Waals surface area contributed by atoms with Crippen LogP contribution >= 0.6 is 11.8 Å². The van der Waals surface area contributed by atoms with Gasteiger partial charge in [-0.05, 0) is 30.6 Å². The SMILES string of the molecule is CCSC1CCC(N(C)C(=O)CC(N)c2ccccc2)C1. The smallest absolute Gasteiger partial charge is 0.224 e. The van der Waals surface area contributed by atoms with E-state index in [4.69, 9.17) is 5.73 Å². The fourth-order valence-corrected chi connectivity index (χ4v) is 4.14. The summed E-state index contributed by atoms with van der Waals surface area (Å²) >= 11 is 2.02. The van der Waals surface area contributed by atoms with Gasteiger partial charge < -0.3 is 10.6 Å². The zero-order valence-corrected chi connectivity index (χ0v) is 13.8. The van der Waals surface area contributed by atoms with Crippen molar-refractivity contribution in [3.63, 3.8) is 0 Å². The highest BCUT2D eigenvalue weighted by Crippen LogP contribution is 2.32. The number of nitrogens with two attached hydrogens (primary N) is 1. The van der Waals surface area contributed by atoms with Crippen molar-refractivity contribution in [2.24, 2.45) is 5.73 Å². The van der Waals surface area contributed by atoms with Crippen molar-refractivity contribution in [1.82, 2.24) is 4.90 Å². The van der Waals surface area contributed by atoms with Crippen molar-refractivity contribution in [2.75, 3.05) is 12.8 Å². The van der Waals surface area contributed by atoms with E-state index in [1.54, 1.807) is 0 Å². The van der Waals surface area contributed by atoms with Crippen molar-refractivity contribution in [1.29, 1.82) is 0 Å².